The molecule has 0 atom stereocenters. The van der Waals surface area contributed by atoms with Crippen LogP contribution in [0.1, 0.15) is 6.92 Å². The summed E-state index contributed by atoms with van der Waals surface area (Å²) in [6.45, 7) is 5.42. The molecule has 0 amide bonds. The molecule has 0 spiro atoms. The maximum Gasteiger partial charge on any atom is 0.338 e. The maximum absolute atomic E-state index is 12.5. The highest BCUT2D eigenvalue weighted by molar-refractivity contribution is 6.12. The minimum Gasteiger partial charge on any atom is -0.423 e. The number of hydrogen-bond acceptors (Lipinski definition) is 2. The van der Waals surface area contributed by atoms with Crippen molar-refractivity contribution in [2.75, 3.05) is 0 Å². The van der Waals surface area contributed by atoms with Gasteiger partial charge in [0.15, 0.2) is 0 Å². The lowest BCUT2D eigenvalue weighted by Gasteiger charge is -2.18. The van der Waals surface area contributed by atoms with Crippen LogP contribution in [0.25, 0.3) is 65.3 Å². The van der Waals surface area contributed by atoms with E-state index in [2.05, 4.69) is 116 Å². The van der Waals surface area contributed by atoms with E-state index in [0.29, 0.717) is 11.3 Å². The fraction of sp³-hybridized carbons (Fsp3) is 0.0227. The van der Waals surface area contributed by atoms with E-state index in [-0.39, 0.29) is 0 Å². The third kappa shape index (κ3) is 5.77. The van der Waals surface area contributed by atoms with E-state index >= 15 is 0 Å². The van der Waals surface area contributed by atoms with E-state index in [1.54, 1.807) is 6.92 Å². The molecule has 2 nitrogen and oxygen atoms in total. The molecular formula is C44H32O2. The molecule has 220 valence electrons. The van der Waals surface area contributed by atoms with Crippen LogP contribution in [-0.2, 0) is 4.79 Å². The highest BCUT2D eigenvalue weighted by atomic mass is 16.5. The molecule has 0 unspecified atom stereocenters. The van der Waals surface area contributed by atoms with Crippen LogP contribution in [0.15, 0.2) is 176 Å². The van der Waals surface area contributed by atoms with Crippen molar-refractivity contribution >= 4 is 49.1 Å². The average Bonchev–Trinajstić information content (AvgIpc) is 3.10. The standard InChI is InChI=1S/C30H22O2.C14H10/c1-20(2)30(31)32-28-19-25(21-11-5-3-6-12-21)29(22-13-7-4-8-14-22)27-18-24-16-10-9-15-23(24)17-26(27)28;1-2-6-12-10-14-8-4-3-7-13(14)9-11(12)5-1/h3-19H,1H2,2H3;1-10H. The quantitative estimate of drug-likeness (QED) is 0.0879. The van der Waals surface area contributed by atoms with Gasteiger partial charge < -0.3 is 4.74 Å². The molecule has 0 N–H and O–H groups in total. The Morgan fingerprint density at radius 2 is 0.870 bits per heavy atom. The molecule has 0 aliphatic carbocycles. The third-order valence-corrected chi connectivity index (χ3v) is 8.28. The van der Waals surface area contributed by atoms with Gasteiger partial charge in [0.05, 0.1) is 0 Å². The van der Waals surface area contributed by atoms with E-state index in [4.69, 9.17) is 4.74 Å². The summed E-state index contributed by atoms with van der Waals surface area (Å²) in [6.07, 6.45) is 0. The minimum absolute atomic E-state index is 0.368. The van der Waals surface area contributed by atoms with Crippen molar-refractivity contribution in [2.45, 2.75) is 6.92 Å². The summed E-state index contributed by atoms with van der Waals surface area (Å²) in [6, 6.07) is 56.5. The smallest absolute Gasteiger partial charge is 0.338 e. The molecule has 8 rings (SSSR count). The molecule has 0 radical (unpaired) electrons. The Bertz CT molecular complexity index is 2270. The van der Waals surface area contributed by atoms with Gasteiger partial charge in [-0.1, -0.05) is 140 Å². The Morgan fingerprint density at radius 1 is 0.478 bits per heavy atom. The van der Waals surface area contributed by atoms with Crippen LogP contribution in [0.4, 0.5) is 0 Å². The number of fused-ring (bicyclic) bond motifs is 4. The van der Waals surface area contributed by atoms with Crippen LogP contribution in [-0.4, -0.2) is 5.97 Å². The molecule has 0 bridgehead atoms. The Balaban J connectivity index is 0.000000200. The molecule has 2 heteroatoms. The number of hydrogen-bond donors (Lipinski definition) is 0. The van der Waals surface area contributed by atoms with Crippen molar-refractivity contribution < 1.29 is 9.53 Å². The predicted molar refractivity (Wildman–Crippen MR) is 194 cm³/mol. The largest absolute Gasteiger partial charge is 0.423 e. The van der Waals surface area contributed by atoms with Crippen molar-refractivity contribution in [1.82, 2.24) is 0 Å². The number of carbonyl (C=O) groups is 1. The Labute approximate surface area is 268 Å². The Hall–Kier alpha value is -5.99. The van der Waals surface area contributed by atoms with Gasteiger partial charge in [0.25, 0.3) is 0 Å². The first-order valence-corrected chi connectivity index (χ1v) is 15.4. The van der Waals surface area contributed by atoms with Crippen LogP contribution in [0.3, 0.4) is 0 Å². The Kier molecular flexibility index (Phi) is 7.85. The second-order valence-electron chi connectivity index (χ2n) is 11.5. The van der Waals surface area contributed by atoms with E-state index in [0.717, 1.165) is 43.8 Å². The van der Waals surface area contributed by atoms with Crippen molar-refractivity contribution in [1.29, 1.82) is 0 Å². The summed E-state index contributed by atoms with van der Waals surface area (Å²) in [5, 5.41) is 9.42. The second kappa shape index (κ2) is 12.6. The van der Waals surface area contributed by atoms with Crippen molar-refractivity contribution in [3.8, 4) is 28.0 Å². The summed E-state index contributed by atoms with van der Waals surface area (Å²) in [5.74, 6) is 0.114. The van der Waals surface area contributed by atoms with Crippen molar-refractivity contribution in [3.63, 3.8) is 0 Å². The molecule has 0 saturated carbocycles. The van der Waals surface area contributed by atoms with Gasteiger partial charge in [-0.15, -0.1) is 0 Å². The van der Waals surface area contributed by atoms with Gasteiger partial charge in [-0.25, -0.2) is 4.79 Å². The number of carbonyl (C=O) groups excluding carboxylic acids is 1. The zero-order valence-electron chi connectivity index (χ0n) is 25.6. The molecule has 0 aliphatic rings. The first-order valence-electron chi connectivity index (χ1n) is 15.4. The van der Waals surface area contributed by atoms with E-state index in [1.807, 2.05) is 54.6 Å². The highest BCUT2D eigenvalue weighted by Crippen LogP contribution is 2.44. The maximum atomic E-state index is 12.5. The van der Waals surface area contributed by atoms with Crippen LogP contribution >= 0.6 is 0 Å². The topological polar surface area (TPSA) is 26.3 Å². The molecule has 8 aromatic carbocycles. The molecule has 0 aliphatic heterocycles. The zero-order chi connectivity index (χ0) is 31.5. The zero-order valence-corrected chi connectivity index (χ0v) is 25.6. The van der Waals surface area contributed by atoms with Gasteiger partial charge in [0, 0.05) is 11.0 Å². The second-order valence-corrected chi connectivity index (χ2v) is 11.5. The predicted octanol–water partition coefficient (Wildman–Crippen LogP) is 11.8. The van der Waals surface area contributed by atoms with Crippen molar-refractivity contribution in [2.24, 2.45) is 0 Å². The number of ether oxygens (including phenoxy) is 1. The minimum atomic E-state index is -0.425. The fourth-order valence-corrected chi connectivity index (χ4v) is 5.99. The first-order chi connectivity index (χ1) is 22.5. The third-order valence-electron chi connectivity index (χ3n) is 8.28. The molecule has 46 heavy (non-hydrogen) atoms. The number of rotatable bonds is 4. The molecule has 0 fully saturated rings. The van der Waals surface area contributed by atoms with E-state index < -0.39 is 5.97 Å². The van der Waals surface area contributed by atoms with Gasteiger partial charge >= 0.3 is 5.97 Å². The first kappa shape index (κ1) is 28.8. The van der Waals surface area contributed by atoms with E-state index in [9.17, 15) is 4.79 Å². The summed E-state index contributed by atoms with van der Waals surface area (Å²) in [7, 11) is 0. The number of esters is 1. The molecule has 0 heterocycles. The lowest BCUT2D eigenvalue weighted by Crippen LogP contribution is -2.09. The molecule has 0 saturated heterocycles. The highest BCUT2D eigenvalue weighted by Gasteiger charge is 2.19. The lowest BCUT2D eigenvalue weighted by molar-refractivity contribution is -0.129. The van der Waals surface area contributed by atoms with Crippen LogP contribution in [0.2, 0.25) is 0 Å². The Morgan fingerprint density at radius 3 is 1.33 bits per heavy atom. The summed E-state index contributed by atoms with van der Waals surface area (Å²) < 4.78 is 5.85. The van der Waals surface area contributed by atoms with Gasteiger partial charge in [-0.3, -0.25) is 0 Å². The van der Waals surface area contributed by atoms with Crippen LogP contribution in [0, 0.1) is 0 Å². The average molecular weight is 593 g/mol. The summed E-state index contributed by atoms with van der Waals surface area (Å²) >= 11 is 0. The molecular weight excluding hydrogens is 560 g/mol. The van der Waals surface area contributed by atoms with E-state index in [1.165, 1.54) is 21.5 Å². The lowest BCUT2D eigenvalue weighted by atomic mass is 9.88. The van der Waals surface area contributed by atoms with Gasteiger partial charge in [0.1, 0.15) is 5.75 Å². The van der Waals surface area contributed by atoms with Gasteiger partial charge in [0.2, 0.25) is 0 Å². The normalized spacial score (nSPS) is 10.9. The fourth-order valence-electron chi connectivity index (χ4n) is 5.99. The monoisotopic (exact) mass is 592 g/mol. The van der Waals surface area contributed by atoms with Crippen molar-refractivity contribution in [3.05, 3.63) is 176 Å². The molecule has 0 aromatic heterocycles. The number of benzene rings is 8. The summed E-state index contributed by atoms with van der Waals surface area (Å²) in [5.41, 5.74) is 4.68. The van der Waals surface area contributed by atoms with Crippen LogP contribution < -0.4 is 4.74 Å². The van der Waals surface area contributed by atoms with Crippen LogP contribution in [0.5, 0.6) is 5.75 Å². The SMILES string of the molecule is C=C(C)C(=O)Oc1cc(-c2ccccc2)c(-c2ccccc2)c2cc3ccccc3cc12.c1ccc2cc3ccccc3cc2c1. The molecule has 8 aromatic rings. The van der Waals surface area contributed by atoms with Gasteiger partial charge in [-0.05, 0) is 97.2 Å². The van der Waals surface area contributed by atoms with Gasteiger partial charge in [-0.2, -0.15) is 0 Å². The summed E-state index contributed by atoms with van der Waals surface area (Å²) in [4.78, 5) is 12.5.